The van der Waals surface area contributed by atoms with Gasteiger partial charge in [-0.25, -0.2) is 4.39 Å². The van der Waals surface area contributed by atoms with Crippen molar-refractivity contribution in [3.8, 4) is 11.8 Å². The number of nitriles is 1. The van der Waals surface area contributed by atoms with Crippen molar-refractivity contribution < 1.29 is 13.9 Å². The molecule has 1 N–H and O–H groups in total. The monoisotopic (exact) mass is 484 g/mol. The maximum Gasteiger partial charge on any atom is 0.266 e. The third-order valence-electron chi connectivity index (χ3n) is 4.07. The van der Waals surface area contributed by atoms with E-state index in [1.54, 1.807) is 54.6 Å². The molecule has 150 valence electrons. The van der Waals surface area contributed by atoms with Crippen molar-refractivity contribution in [1.82, 2.24) is 0 Å². The minimum absolute atomic E-state index is 0.111. The van der Waals surface area contributed by atoms with Crippen molar-refractivity contribution >= 4 is 45.2 Å². The molecule has 0 bridgehead atoms. The molecule has 0 atom stereocenters. The zero-order valence-corrected chi connectivity index (χ0v) is 17.9. The van der Waals surface area contributed by atoms with Gasteiger partial charge in [-0.3, -0.25) is 4.79 Å². The molecule has 0 aliphatic rings. The maximum atomic E-state index is 13.1. The predicted octanol–water partition coefficient (Wildman–Crippen LogP) is 6.37. The second-order valence-electron chi connectivity index (χ2n) is 6.20. The van der Waals surface area contributed by atoms with E-state index in [1.165, 1.54) is 18.2 Å². The van der Waals surface area contributed by atoms with Crippen molar-refractivity contribution in [2.45, 2.75) is 6.61 Å². The summed E-state index contributed by atoms with van der Waals surface area (Å²) in [5, 5.41) is 12.5. The summed E-state index contributed by atoms with van der Waals surface area (Å²) in [4.78, 5) is 12.6. The topological polar surface area (TPSA) is 62.1 Å². The molecule has 0 aliphatic heterocycles. The first-order valence-corrected chi connectivity index (χ1v) is 9.98. The standard InChI is InChI=1S/C23H15BrClFN2O2/c24-18-7-10-22(30-14-15-5-8-19(26)9-6-15)16(12-18)11-17(13-27)23(29)28-21-4-2-1-3-20(21)25/h1-12H,14H2,(H,28,29)/b17-11+. The summed E-state index contributed by atoms with van der Waals surface area (Å²) in [6.45, 7) is 0.205. The largest absolute Gasteiger partial charge is 0.488 e. The molecule has 0 saturated carbocycles. The SMILES string of the molecule is N#C/C(=C\c1cc(Br)ccc1OCc1ccc(F)cc1)C(=O)Nc1ccccc1Cl. The molecular formula is C23H15BrClFN2O2. The van der Waals surface area contributed by atoms with E-state index in [9.17, 15) is 14.4 Å². The summed E-state index contributed by atoms with van der Waals surface area (Å²) in [7, 11) is 0. The minimum atomic E-state index is -0.588. The lowest BCUT2D eigenvalue weighted by atomic mass is 10.1. The van der Waals surface area contributed by atoms with E-state index in [0.29, 0.717) is 22.0 Å². The number of carbonyl (C=O) groups excluding carboxylic acids is 1. The van der Waals surface area contributed by atoms with Gasteiger partial charge in [0, 0.05) is 10.0 Å². The van der Waals surface area contributed by atoms with Crippen LogP contribution in [0.5, 0.6) is 5.75 Å². The Morgan fingerprint density at radius 3 is 2.60 bits per heavy atom. The molecule has 4 nitrogen and oxygen atoms in total. The summed E-state index contributed by atoms with van der Waals surface area (Å²) < 4.78 is 19.7. The van der Waals surface area contributed by atoms with Crippen LogP contribution in [-0.2, 0) is 11.4 Å². The van der Waals surface area contributed by atoms with Gasteiger partial charge in [0.1, 0.15) is 29.8 Å². The summed E-state index contributed by atoms with van der Waals surface area (Å²) in [5.74, 6) is -0.440. The number of rotatable bonds is 6. The van der Waals surface area contributed by atoms with E-state index in [1.807, 2.05) is 6.07 Å². The van der Waals surface area contributed by atoms with Gasteiger partial charge < -0.3 is 10.1 Å². The zero-order chi connectivity index (χ0) is 21.5. The highest BCUT2D eigenvalue weighted by Crippen LogP contribution is 2.27. The Bertz CT molecular complexity index is 1140. The van der Waals surface area contributed by atoms with Gasteiger partial charge in [-0.05, 0) is 54.1 Å². The third-order valence-corrected chi connectivity index (χ3v) is 4.89. The second-order valence-corrected chi connectivity index (χ2v) is 7.52. The van der Waals surface area contributed by atoms with E-state index in [0.717, 1.165) is 10.0 Å². The highest BCUT2D eigenvalue weighted by molar-refractivity contribution is 9.10. The third kappa shape index (κ3) is 5.69. The Labute approximate surface area is 186 Å². The first kappa shape index (κ1) is 21.6. The smallest absolute Gasteiger partial charge is 0.266 e. The molecule has 0 aromatic heterocycles. The Hall–Kier alpha value is -3.14. The van der Waals surface area contributed by atoms with Gasteiger partial charge in [0.25, 0.3) is 5.91 Å². The molecule has 3 aromatic rings. The summed E-state index contributed by atoms with van der Waals surface area (Å²) in [6.07, 6.45) is 1.44. The lowest BCUT2D eigenvalue weighted by molar-refractivity contribution is -0.112. The van der Waals surface area contributed by atoms with Crippen LogP contribution in [0.2, 0.25) is 5.02 Å². The number of para-hydroxylation sites is 1. The number of nitrogens with one attached hydrogen (secondary N) is 1. The van der Waals surface area contributed by atoms with Crippen molar-refractivity contribution in [1.29, 1.82) is 5.26 Å². The summed E-state index contributed by atoms with van der Waals surface area (Å²) in [5.41, 5.74) is 1.62. The van der Waals surface area contributed by atoms with Crippen molar-refractivity contribution in [2.24, 2.45) is 0 Å². The van der Waals surface area contributed by atoms with Crippen molar-refractivity contribution in [3.05, 3.63) is 98.7 Å². The first-order valence-electron chi connectivity index (χ1n) is 8.81. The fraction of sp³-hybridized carbons (Fsp3) is 0.0435. The highest BCUT2D eigenvalue weighted by atomic mass is 79.9. The van der Waals surface area contributed by atoms with Crippen LogP contribution in [0.4, 0.5) is 10.1 Å². The number of hydrogen-bond donors (Lipinski definition) is 1. The molecule has 0 aliphatic carbocycles. The Balaban J connectivity index is 1.83. The summed E-state index contributed by atoms with van der Waals surface area (Å²) in [6, 6.07) is 19.9. The normalized spacial score (nSPS) is 10.9. The summed E-state index contributed by atoms with van der Waals surface area (Å²) >= 11 is 9.45. The van der Waals surface area contributed by atoms with E-state index >= 15 is 0 Å². The van der Waals surface area contributed by atoms with Gasteiger partial charge in [0.15, 0.2) is 0 Å². The average Bonchev–Trinajstić information content (AvgIpc) is 2.74. The number of carbonyl (C=O) groups is 1. The van der Waals surface area contributed by atoms with E-state index < -0.39 is 5.91 Å². The number of benzene rings is 3. The van der Waals surface area contributed by atoms with Crippen LogP contribution in [0.25, 0.3) is 6.08 Å². The number of halogens is 3. The van der Waals surface area contributed by atoms with Gasteiger partial charge in [-0.2, -0.15) is 5.26 Å². The molecule has 0 spiro atoms. The van der Waals surface area contributed by atoms with Crippen molar-refractivity contribution in [2.75, 3.05) is 5.32 Å². The van der Waals surface area contributed by atoms with E-state index in [2.05, 4.69) is 21.2 Å². The Morgan fingerprint density at radius 1 is 1.17 bits per heavy atom. The van der Waals surface area contributed by atoms with Crippen LogP contribution in [0.15, 0.2) is 76.8 Å². The van der Waals surface area contributed by atoms with Gasteiger partial charge in [-0.15, -0.1) is 0 Å². The molecule has 0 saturated heterocycles. The number of anilines is 1. The van der Waals surface area contributed by atoms with Gasteiger partial charge in [0.2, 0.25) is 0 Å². The van der Waals surface area contributed by atoms with E-state index in [4.69, 9.17) is 16.3 Å². The molecule has 1 amide bonds. The molecule has 30 heavy (non-hydrogen) atoms. The van der Waals surface area contributed by atoms with Crippen LogP contribution in [0.1, 0.15) is 11.1 Å². The predicted molar refractivity (Wildman–Crippen MR) is 119 cm³/mol. The first-order chi connectivity index (χ1) is 14.5. The average molecular weight is 486 g/mol. The lowest BCUT2D eigenvalue weighted by Gasteiger charge is -2.11. The molecular weight excluding hydrogens is 471 g/mol. The number of amides is 1. The van der Waals surface area contributed by atoms with Crippen molar-refractivity contribution in [3.63, 3.8) is 0 Å². The molecule has 7 heteroatoms. The van der Waals surface area contributed by atoms with Crippen LogP contribution in [0, 0.1) is 17.1 Å². The highest BCUT2D eigenvalue weighted by Gasteiger charge is 2.13. The van der Waals surface area contributed by atoms with Gasteiger partial charge in [-0.1, -0.05) is 51.8 Å². The Morgan fingerprint density at radius 2 is 1.90 bits per heavy atom. The van der Waals surface area contributed by atoms with Crippen LogP contribution in [0.3, 0.4) is 0 Å². The van der Waals surface area contributed by atoms with Gasteiger partial charge >= 0.3 is 0 Å². The van der Waals surface area contributed by atoms with E-state index in [-0.39, 0.29) is 18.0 Å². The molecule has 0 fully saturated rings. The zero-order valence-electron chi connectivity index (χ0n) is 15.5. The quantitative estimate of drug-likeness (QED) is 0.326. The molecule has 0 heterocycles. The number of nitrogens with zero attached hydrogens (tertiary/aromatic N) is 1. The fourth-order valence-electron chi connectivity index (χ4n) is 2.56. The lowest BCUT2D eigenvalue weighted by Crippen LogP contribution is -2.13. The van der Waals surface area contributed by atoms with Gasteiger partial charge in [0.05, 0.1) is 10.7 Å². The molecule has 3 aromatic carbocycles. The molecule has 0 radical (unpaired) electrons. The number of ether oxygens (including phenoxy) is 1. The van der Waals surface area contributed by atoms with Crippen LogP contribution < -0.4 is 10.1 Å². The molecule has 0 unspecified atom stereocenters. The minimum Gasteiger partial charge on any atom is -0.488 e. The second kappa shape index (κ2) is 10.1. The van der Waals surface area contributed by atoms with Crippen LogP contribution >= 0.6 is 27.5 Å². The molecule has 3 rings (SSSR count). The number of hydrogen-bond acceptors (Lipinski definition) is 3. The van der Waals surface area contributed by atoms with Crippen LogP contribution in [-0.4, -0.2) is 5.91 Å². The Kier molecular flexibility index (Phi) is 7.23. The maximum absolute atomic E-state index is 13.1. The fourth-order valence-corrected chi connectivity index (χ4v) is 3.12.